The lowest BCUT2D eigenvalue weighted by Gasteiger charge is -2.53. The Hall–Kier alpha value is -0.560. The highest BCUT2D eigenvalue weighted by atomic mass is 35.5. The van der Waals surface area contributed by atoms with E-state index in [0.29, 0.717) is 24.7 Å². The normalized spacial score (nSPS) is 36.0. The molecule has 0 saturated carbocycles. The number of hydrogen-bond acceptors (Lipinski definition) is 8. The van der Waals surface area contributed by atoms with E-state index in [-0.39, 0.29) is 23.5 Å². The summed E-state index contributed by atoms with van der Waals surface area (Å²) in [5.74, 6) is -0.487. The summed E-state index contributed by atoms with van der Waals surface area (Å²) in [4.78, 5) is 21.7. The fourth-order valence-corrected chi connectivity index (χ4v) is 8.79. The van der Waals surface area contributed by atoms with Gasteiger partial charge in [0.2, 0.25) is 5.91 Å². The smallest absolute Gasteiger partial charge is 0.233 e. The van der Waals surface area contributed by atoms with Crippen molar-refractivity contribution in [2.45, 2.75) is 86.8 Å². The zero-order chi connectivity index (χ0) is 27.6. The van der Waals surface area contributed by atoms with Crippen molar-refractivity contribution in [2.75, 3.05) is 79.5 Å². The maximum atomic E-state index is 14.0. The Kier molecular flexibility index (Phi) is 10.1. The summed E-state index contributed by atoms with van der Waals surface area (Å²) in [6, 6.07) is 1.79. The number of nitrogens with two attached hydrogens (primary N) is 2. The molecule has 5 aliphatic heterocycles. The van der Waals surface area contributed by atoms with Crippen LogP contribution in [0.5, 0.6) is 0 Å². The number of hydrogen-bond donors (Lipinski definition) is 5. The Morgan fingerprint density at radius 3 is 2.41 bits per heavy atom. The zero-order valence-corrected chi connectivity index (χ0v) is 25.1. The van der Waals surface area contributed by atoms with E-state index >= 15 is 0 Å². The number of quaternary nitrogens is 1. The number of halogens is 1. The molecule has 10 nitrogen and oxygen atoms in total. The minimum atomic E-state index is -0.719. The first-order valence-corrected chi connectivity index (χ1v) is 16.1. The molecule has 7 N–H and O–H groups in total. The van der Waals surface area contributed by atoms with Crippen LogP contribution in [0.1, 0.15) is 44.9 Å². The third-order valence-electron chi connectivity index (χ3n) is 10.6. The lowest BCUT2D eigenvalue weighted by atomic mass is 9.91. The molecule has 0 aromatic rings. The molecule has 0 radical (unpaired) electrons. The van der Waals surface area contributed by atoms with E-state index in [0.717, 1.165) is 69.6 Å². The van der Waals surface area contributed by atoms with Crippen molar-refractivity contribution in [3.63, 3.8) is 0 Å². The number of piperidine rings is 3. The average molecular weight is 569 g/mol. The van der Waals surface area contributed by atoms with E-state index in [1.54, 1.807) is 0 Å². The molecule has 39 heavy (non-hydrogen) atoms. The third-order valence-corrected chi connectivity index (χ3v) is 10.9. The number of likely N-dealkylation sites (tertiary alicyclic amines) is 2. The average Bonchev–Trinajstić information content (AvgIpc) is 3.42. The van der Waals surface area contributed by atoms with Gasteiger partial charge in [0.25, 0.3) is 0 Å². The molecular weight excluding hydrogens is 514 g/mol. The number of amides is 1. The molecule has 0 aromatic carbocycles. The Morgan fingerprint density at radius 1 is 1.03 bits per heavy atom. The van der Waals surface area contributed by atoms with Gasteiger partial charge in [-0.15, -0.1) is 11.6 Å². The number of alkyl halides is 1. The topological polar surface area (TPSA) is 115 Å². The first-order chi connectivity index (χ1) is 18.8. The van der Waals surface area contributed by atoms with Gasteiger partial charge in [-0.1, -0.05) is 0 Å². The predicted molar refractivity (Wildman–Crippen MR) is 157 cm³/mol. The largest absolute Gasteiger partial charge is 0.350 e. The van der Waals surface area contributed by atoms with Gasteiger partial charge < -0.3 is 31.5 Å². The standard InChI is InChI=1S/C28H54ClN9O/c1-35(2)22-9-13-37(18-22)21-7-11-36(12-8-21)24-6-10-32-17-23(24)34-28(39)25(26(30)31)27-33-16-20(29)19-38(27)14-4-3-5-15-38/h20-27,32-33H,3-19,30-31H2,1-2H3/p+1. The van der Waals surface area contributed by atoms with Crippen LogP contribution in [0.25, 0.3) is 0 Å². The quantitative estimate of drug-likeness (QED) is 0.156. The van der Waals surface area contributed by atoms with E-state index in [1.807, 2.05) is 0 Å². The van der Waals surface area contributed by atoms with Crippen LogP contribution in [-0.4, -0.2) is 147 Å². The van der Waals surface area contributed by atoms with Crippen molar-refractivity contribution in [1.82, 2.24) is 30.7 Å². The fraction of sp³-hybridized carbons (Fsp3) is 0.964. The maximum absolute atomic E-state index is 14.0. The van der Waals surface area contributed by atoms with Gasteiger partial charge >= 0.3 is 0 Å². The summed E-state index contributed by atoms with van der Waals surface area (Å²) in [5, 5.41) is 10.7. The minimum Gasteiger partial charge on any atom is -0.350 e. The van der Waals surface area contributed by atoms with Crippen LogP contribution in [0.4, 0.5) is 0 Å². The van der Waals surface area contributed by atoms with Crippen LogP contribution >= 0.6 is 11.6 Å². The van der Waals surface area contributed by atoms with Crippen LogP contribution in [0.15, 0.2) is 0 Å². The Labute approximate surface area is 241 Å². The molecule has 224 valence electrons. The van der Waals surface area contributed by atoms with Gasteiger partial charge in [0.05, 0.1) is 37.2 Å². The second-order valence-corrected chi connectivity index (χ2v) is 13.9. The first kappa shape index (κ1) is 29.9. The van der Waals surface area contributed by atoms with E-state index < -0.39 is 12.1 Å². The Balaban J connectivity index is 1.22. The SMILES string of the molecule is CN(C)C1CCN(C2CCN(C3CCNCC3NC(=O)C(C(N)N)C3NCC(Cl)C[N+]34CCCCC4)CC2)C1. The summed E-state index contributed by atoms with van der Waals surface area (Å²) in [6.45, 7) is 10.1. The van der Waals surface area contributed by atoms with E-state index in [4.69, 9.17) is 23.1 Å². The molecule has 5 heterocycles. The first-order valence-electron chi connectivity index (χ1n) is 15.7. The van der Waals surface area contributed by atoms with E-state index in [1.165, 1.54) is 38.8 Å². The van der Waals surface area contributed by atoms with Crippen molar-refractivity contribution < 1.29 is 9.28 Å². The molecule has 0 bridgehead atoms. The summed E-state index contributed by atoms with van der Waals surface area (Å²) in [7, 11) is 4.41. The van der Waals surface area contributed by atoms with Crippen LogP contribution < -0.4 is 27.4 Å². The highest BCUT2D eigenvalue weighted by Gasteiger charge is 2.51. The molecule has 0 aliphatic carbocycles. The molecule has 5 rings (SSSR count). The molecule has 5 saturated heterocycles. The van der Waals surface area contributed by atoms with Gasteiger partial charge in [-0.2, -0.15) is 0 Å². The van der Waals surface area contributed by atoms with Gasteiger partial charge in [-0.3, -0.25) is 19.9 Å². The highest BCUT2D eigenvalue weighted by Crippen LogP contribution is 2.31. The molecule has 6 unspecified atom stereocenters. The Bertz CT molecular complexity index is 802. The van der Waals surface area contributed by atoms with Gasteiger partial charge in [-0.25, -0.2) is 0 Å². The van der Waals surface area contributed by atoms with Crippen LogP contribution in [0.3, 0.4) is 0 Å². The number of carbonyl (C=O) groups excluding carboxylic acids is 1. The molecule has 11 heteroatoms. The van der Waals surface area contributed by atoms with Crippen LogP contribution in [0.2, 0.25) is 0 Å². The minimum absolute atomic E-state index is 0.000948. The third kappa shape index (κ3) is 6.75. The van der Waals surface area contributed by atoms with Gasteiger partial charge in [0.15, 0.2) is 6.17 Å². The van der Waals surface area contributed by atoms with Crippen molar-refractivity contribution in [3.05, 3.63) is 0 Å². The lowest BCUT2D eigenvalue weighted by Crippen LogP contribution is -2.76. The Morgan fingerprint density at radius 2 is 1.74 bits per heavy atom. The van der Waals surface area contributed by atoms with Gasteiger partial charge in [-0.05, 0) is 65.6 Å². The van der Waals surface area contributed by atoms with E-state index in [2.05, 4.69) is 44.7 Å². The molecule has 5 aliphatic rings. The van der Waals surface area contributed by atoms with E-state index in [9.17, 15) is 4.79 Å². The summed E-state index contributed by atoms with van der Waals surface area (Å²) in [5.41, 5.74) is 12.8. The number of carbonyl (C=O) groups is 1. The maximum Gasteiger partial charge on any atom is 0.233 e. The van der Waals surface area contributed by atoms with Crippen molar-refractivity contribution in [3.8, 4) is 0 Å². The van der Waals surface area contributed by atoms with Gasteiger partial charge in [0, 0.05) is 57.4 Å². The molecular formula is C28H55ClN9O+. The van der Waals surface area contributed by atoms with Crippen LogP contribution in [-0.2, 0) is 4.79 Å². The van der Waals surface area contributed by atoms with Crippen molar-refractivity contribution >= 4 is 17.5 Å². The monoisotopic (exact) mass is 568 g/mol. The summed E-state index contributed by atoms with van der Waals surface area (Å²) >= 11 is 6.64. The van der Waals surface area contributed by atoms with Crippen molar-refractivity contribution in [1.29, 1.82) is 0 Å². The molecule has 0 aromatic heterocycles. The highest BCUT2D eigenvalue weighted by molar-refractivity contribution is 6.21. The predicted octanol–water partition coefficient (Wildman–Crippen LogP) is -0.669. The summed E-state index contributed by atoms with van der Waals surface area (Å²) < 4.78 is 0.822. The number of nitrogens with one attached hydrogen (secondary N) is 3. The van der Waals surface area contributed by atoms with Gasteiger partial charge in [0.1, 0.15) is 5.92 Å². The lowest BCUT2D eigenvalue weighted by molar-refractivity contribution is -0.964. The molecule has 1 amide bonds. The zero-order valence-electron chi connectivity index (χ0n) is 24.4. The number of likely N-dealkylation sites (N-methyl/N-ethyl adjacent to an activating group) is 1. The fourth-order valence-electron chi connectivity index (χ4n) is 8.43. The molecule has 5 fully saturated rings. The number of nitrogens with zero attached hydrogens (tertiary/aromatic N) is 4. The molecule has 1 spiro atoms. The van der Waals surface area contributed by atoms with Crippen LogP contribution in [0, 0.1) is 5.92 Å². The van der Waals surface area contributed by atoms with Crippen molar-refractivity contribution in [2.24, 2.45) is 17.4 Å². The molecule has 6 atom stereocenters. The second-order valence-electron chi connectivity index (χ2n) is 13.3. The second kappa shape index (κ2) is 13.2. The summed E-state index contributed by atoms with van der Waals surface area (Å²) in [6.07, 6.45) is 7.52. The number of rotatable bonds is 7.